The summed E-state index contributed by atoms with van der Waals surface area (Å²) < 4.78 is 32.3. The van der Waals surface area contributed by atoms with Crippen molar-refractivity contribution in [3.63, 3.8) is 0 Å². The molecule has 2 aromatic rings. The number of carbonyl (C=O) groups excluding carboxylic acids is 1. The first kappa shape index (κ1) is 13.7. The minimum Gasteiger partial charge on any atom is -0.456 e. The molecule has 0 aliphatic heterocycles. The summed E-state index contributed by atoms with van der Waals surface area (Å²) in [6.07, 6.45) is 0. The molecule has 0 heterocycles. The molecule has 0 bridgehead atoms. The maximum atomic E-state index is 13.2. The summed E-state index contributed by atoms with van der Waals surface area (Å²) in [4.78, 5) is 11.4. The van der Waals surface area contributed by atoms with E-state index in [1.807, 2.05) is 0 Å². The first-order valence-corrected chi connectivity index (χ1v) is 6.19. The van der Waals surface area contributed by atoms with E-state index in [-0.39, 0.29) is 22.8 Å². The zero-order chi connectivity index (χ0) is 14.0. The van der Waals surface area contributed by atoms with Crippen LogP contribution in [0, 0.1) is 11.6 Å². The van der Waals surface area contributed by atoms with Crippen LogP contribution < -0.4 is 4.74 Å². The maximum Gasteiger partial charge on any atom is 0.163 e. The largest absolute Gasteiger partial charge is 0.456 e. The third kappa shape index (κ3) is 3.38. The van der Waals surface area contributed by atoms with Crippen LogP contribution in [0.15, 0.2) is 40.9 Å². The second-order valence-corrected chi connectivity index (χ2v) is 4.82. The molecule has 0 aliphatic carbocycles. The molecule has 0 atom stereocenters. The van der Waals surface area contributed by atoms with Gasteiger partial charge in [-0.15, -0.1) is 0 Å². The van der Waals surface area contributed by atoms with E-state index >= 15 is 0 Å². The Morgan fingerprint density at radius 3 is 2.47 bits per heavy atom. The molecule has 0 radical (unpaired) electrons. The highest BCUT2D eigenvalue weighted by atomic mass is 79.9. The first-order chi connectivity index (χ1) is 8.95. The van der Waals surface area contributed by atoms with Gasteiger partial charge in [-0.05, 0) is 37.3 Å². The molecule has 0 unspecified atom stereocenters. The summed E-state index contributed by atoms with van der Waals surface area (Å²) in [5.74, 6) is -0.925. The smallest absolute Gasteiger partial charge is 0.163 e. The van der Waals surface area contributed by atoms with Crippen LogP contribution in [0.5, 0.6) is 11.5 Å². The van der Waals surface area contributed by atoms with Gasteiger partial charge in [-0.25, -0.2) is 8.78 Å². The van der Waals surface area contributed by atoms with Crippen LogP contribution in [0.25, 0.3) is 0 Å². The van der Waals surface area contributed by atoms with Crippen LogP contribution in [-0.2, 0) is 0 Å². The van der Waals surface area contributed by atoms with Crippen LogP contribution in [0.1, 0.15) is 17.3 Å². The Morgan fingerprint density at radius 1 is 1.11 bits per heavy atom. The Morgan fingerprint density at radius 2 is 1.84 bits per heavy atom. The lowest BCUT2D eigenvalue weighted by atomic mass is 10.1. The van der Waals surface area contributed by atoms with E-state index in [9.17, 15) is 13.6 Å². The Hall–Kier alpha value is -1.75. The lowest BCUT2D eigenvalue weighted by molar-refractivity contribution is 0.101. The summed E-state index contributed by atoms with van der Waals surface area (Å²) in [5, 5.41) is 0. The van der Waals surface area contributed by atoms with Crippen molar-refractivity contribution in [2.24, 2.45) is 0 Å². The average molecular weight is 327 g/mol. The molecule has 0 aromatic heterocycles. The summed E-state index contributed by atoms with van der Waals surface area (Å²) in [6, 6.07) is 7.62. The predicted octanol–water partition coefficient (Wildman–Crippen LogP) is 4.72. The van der Waals surface area contributed by atoms with E-state index in [4.69, 9.17) is 4.74 Å². The molecule has 98 valence electrons. The van der Waals surface area contributed by atoms with Gasteiger partial charge in [0.2, 0.25) is 0 Å². The van der Waals surface area contributed by atoms with Gasteiger partial charge in [-0.2, -0.15) is 0 Å². The number of rotatable bonds is 3. The zero-order valence-corrected chi connectivity index (χ0v) is 11.5. The molecule has 0 saturated carbocycles. The predicted molar refractivity (Wildman–Crippen MR) is 70.6 cm³/mol. The number of ether oxygens (including phenoxy) is 1. The van der Waals surface area contributed by atoms with Gasteiger partial charge in [-0.1, -0.05) is 15.9 Å². The normalized spacial score (nSPS) is 10.3. The molecule has 2 nitrogen and oxygen atoms in total. The zero-order valence-electron chi connectivity index (χ0n) is 9.91. The molecule has 0 N–H and O–H groups in total. The van der Waals surface area contributed by atoms with Gasteiger partial charge in [0, 0.05) is 10.5 Å². The number of benzene rings is 2. The second kappa shape index (κ2) is 5.48. The molecule has 0 spiro atoms. The van der Waals surface area contributed by atoms with Crippen molar-refractivity contribution < 1.29 is 18.3 Å². The fourth-order valence-corrected chi connectivity index (χ4v) is 2.03. The van der Waals surface area contributed by atoms with Gasteiger partial charge in [0.25, 0.3) is 0 Å². The molecule has 5 heteroatoms. The van der Waals surface area contributed by atoms with Gasteiger partial charge >= 0.3 is 0 Å². The third-order valence-electron chi connectivity index (χ3n) is 2.38. The van der Waals surface area contributed by atoms with Crippen molar-refractivity contribution in [3.8, 4) is 11.5 Å². The fraction of sp³-hybridized carbons (Fsp3) is 0.0714. The summed E-state index contributed by atoms with van der Waals surface area (Å²) >= 11 is 3.14. The topological polar surface area (TPSA) is 26.3 Å². The lowest BCUT2D eigenvalue weighted by Crippen LogP contribution is -1.98. The van der Waals surface area contributed by atoms with Crippen LogP contribution in [0.3, 0.4) is 0 Å². The number of hydrogen-bond acceptors (Lipinski definition) is 2. The fourth-order valence-electron chi connectivity index (χ4n) is 1.58. The minimum absolute atomic E-state index is 0.111. The van der Waals surface area contributed by atoms with Gasteiger partial charge in [0.15, 0.2) is 5.78 Å². The van der Waals surface area contributed by atoms with E-state index < -0.39 is 11.6 Å². The summed E-state index contributed by atoms with van der Waals surface area (Å²) in [7, 11) is 0. The Bertz CT molecular complexity index is 621. The van der Waals surface area contributed by atoms with Gasteiger partial charge < -0.3 is 4.74 Å². The van der Waals surface area contributed by atoms with E-state index in [1.165, 1.54) is 31.2 Å². The molecule has 0 amide bonds. The van der Waals surface area contributed by atoms with E-state index in [2.05, 4.69) is 15.9 Å². The van der Waals surface area contributed by atoms with Gasteiger partial charge in [0.05, 0.1) is 5.56 Å². The standard InChI is InChI=1S/C14H9BrF2O2/c1-8(18)13-7-10(16)2-3-14(13)19-12-5-9(15)4-11(17)6-12/h2-7H,1H3. The second-order valence-electron chi connectivity index (χ2n) is 3.90. The number of carbonyl (C=O) groups is 1. The number of ketones is 1. The minimum atomic E-state index is -0.530. The van der Waals surface area contributed by atoms with Crippen molar-refractivity contribution >= 4 is 21.7 Å². The van der Waals surface area contributed by atoms with Crippen molar-refractivity contribution in [2.75, 3.05) is 0 Å². The molecular weight excluding hydrogens is 318 g/mol. The van der Waals surface area contributed by atoms with Gasteiger partial charge in [-0.3, -0.25) is 4.79 Å². The SMILES string of the molecule is CC(=O)c1cc(F)ccc1Oc1cc(F)cc(Br)c1. The van der Waals surface area contributed by atoms with Crippen molar-refractivity contribution in [3.05, 3.63) is 58.1 Å². The quantitative estimate of drug-likeness (QED) is 0.763. The molecule has 0 saturated heterocycles. The van der Waals surface area contributed by atoms with Crippen LogP contribution in [-0.4, -0.2) is 5.78 Å². The number of Topliss-reactive ketones (excluding diaryl/α,β-unsaturated/α-hetero) is 1. The van der Waals surface area contributed by atoms with Crippen LogP contribution in [0.4, 0.5) is 8.78 Å². The highest BCUT2D eigenvalue weighted by molar-refractivity contribution is 9.10. The molecular formula is C14H9BrF2O2. The van der Waals surface area contributed by atoms with Gasteiger partial charge in [0.1, 0.15) is 23.1 Å². The van der Waals surface area contributed by atoms with E-state index in [0.29, 0.717) is 4.47 Å². The highest BCUT2D eigenvalue weighted by Gasteiger charge is 2.11. The molecule has 19 heavy (non-hydrogen) atoms. The van der Waals surface area contributed by atoms with Crippen LogP contribution >= 0.6 is 15.9 Å². The molecule has 2 rings (SSSR count). The average Bonchev–Trinajstić information content (AvgIpc) is 2.30. The Labute approximate surface area is 117 Å². The van der Waals surface area contributed by atoms with Crippen molar-refractivity contribution in [1.82, 2.24) is 0 Å². The number of halogens is 3. The first-order valence-electron chi connectivity index (χ1n) is 5.40. The molecule has 0 aliphatic rings. The third-order valence-corrected chi connectivity index (χ3v) is 2.84. The number of hydrogen-bond donors (Lipinski definition) is 0. The summed E-state index contributed by atoms with van der Waals surface area (Å²) in [6.45, 7) is 1.31. The van der Waals surface area contributed by atoms with Crippen molar-refractivity contribution in [2.45, 2.75) is 6.92 Å². The Kier molecular flexibility index (Phi) is 3.95. The molecule has 0 fully saturated rings. The van der Waals surface area contributed by atoms with E-state index in [0.717, 1.165) is 6.07 Å². The molecule has 2 aromatic carbocycles. The monoisotopic (exact) mass is 326 g/mol. The Balaban J connectivity index is 2.40. The summed E-state index contributed by atoms with van der Waals surface area (Å²) in [5.41, 5.74) is 0.111. The van der Waals surface area contributed by atoms with Crippen molar-refractivity contribution in [1.29, 1.82) is 0 Å². The van der Waals surface area contributed by atoms with E-state index in [1.54, 1.807) is 6.07 Å². The highest BCUT2D eigenvalue weighted by Crippen LogP contribution is 2.29. The van der Waals surface area contributed by atoms with Crippen LogP contribution in [0.2, 0.25) is 0 Å². The lowest BCUT2D eigenvalue weighted by Gasteiger charge is -2.10. The maximum absolute atomic E-state index is 13.2.